The van der Waals surface area contributed by atoms with Crippen molar-refractivity contribution in [2.45, 2.75) is 19.6 Å². The summed E-state index contributed by atoms with van der Waals surface area (Å²) in [5, 5.41) is 4.71. The van der Waals surface area contributed by atoms with Gasteiger partial charge in [-0.05, 0) is 63.4 Å². The van der Waals surface area contributed by atoms with Crippen LogP contribution in [-0.2, 0) is 13.2 Å². The second-order valence-electron chi connectivity index (χ2n) is 6.01. The third-order valence-electron chi connectivity index (χ3n) is 3.60. The van der Waals surface area contributed by atoms with E-state index in [0.29, 0.717) is 16.7 Å². The maximum atomic E-state index is 6.17. The molecule has 2 aromatic carbocycles. The van der Waals surface area contributed by atoms with Crippen LogP contribution in [0.15, 0.2) is 42.5 Å². The van der Waals surface area contributed by atoms with Gasteiger partial charge < -0.3 is 15.0 Å². The van der Waals surface area contributed by atoms with Crippen molar-refractivity contribution in [1.82, 2.24) is 10.2 Å². The Labute approximate surface area is 178 Å². The highest BCUT2D eigenvalue weighted by atomic mass is 35.5. The summed E-state index contributed by atoms with van der Waals surface area (Å²) in [5.41, 5.74) is 2.13. The highest BCUT2D eigenvalue weighted by Crippen LogP contribution is 2.23. The number of nitrogens with zero attached hydrogens (tertiary/aromatic N) is 1. The van der Waals surface area contributed by atoms with Crippen LogP contribution in [0.4, 0.5) is 0 Å². The van der Waals surface area contributed by atoms with Crippen molar-refractivity contribution in [2.24, 2.45) is 0 Å². The molecule has 2 aromatic rings. The van der Waals surface area contributed by atoms with Gasteiger partial charge in [-0.25, -0.2) is 0 Å². The molecule has 3 nitrogen and oxygen atoms in total. The van der Waals surface area contributed by atoms with Crippen molar-refractivity contribution >= 4 is 48.0 Å². The summed E-state index contributed by atoms with van der Waals surface area (Å²) in [6, 6.07) is 13.6. The van der Waals surface area contributed by atoms with Gasteiger partial charge in [0.15, 0.2) is 0 Å². The zero-order valence-corrected chi connectivity index (χ0v) is 18.1. The molecule has 0 aliphatic heterocycles. The molecular formula is C19H26Cl4N2O. The molecule has 0 aromatic heterocycles. The predicted octanol–water partition coefficient (Wildman–Crippen LogP) is 5.46. The van der Waals surface area contributed by atoms with Gasteiger partial charge in [-0.1, -0.05) is 41.4 Å². The first-order chi connectivity index (χ1) is 11.5. The Balaban J connectivity index is 0.00000312. The lowest BCUT2D eigenvalue weighted by molar-refractivity contribution is 0.306. The monoisotopic (exact) mass is 438 g/mol. The van der Waals surface area contributed by atoms with Gasteiger partial charge in [0.05, 0.1) is 0 Å². The van der Waals surface area contributed by atoms with Crippen LogP contribution in [0.1, 0.15) is 17.5 Å². The summed E-state index contributed by atoms with van der Waals surface area (Å²) in [6.45, 7) is 3.36. The van der Waals surface area contributed by atoms with E-state index in [9.17, 15) is 0 Å². The number of ether oxygens (including phenoxy) is 1. The minimum Gasteiger partial charge on any atom is -0.489 e. The quantitative estimate of drug-likeness (QED) is 0.525. The first-order valence-electron chi connectivity index (χ1n) is 8.06. The van der Waals surface area contributed by atoms with Gasteiger partial charge in [-0.3, -0.25) is 0 Å². The Morgan fingerprint density at radius 3 is 2.50 bits per heavy atom. The molecule has 0 atom stereocenters. The first-order valence-corrected chi connectivity index (χ1v) is 8.81. The van der Waals surface area contributed by atoms with Gasteiger partial charge in [-0.2, -0.15) is 0 Å². The largest absolute Gasteiger partial charge is 0.489 e. The fourth-order valence-electron chi connectivity index (χ4n) is 2.30. The lowest BCUT2D eigenvalue weighted by atomic mass is 10.2. The second-order valence-corrected chi connectivity index (χ2v) is 6.85. The number of rotatable bonds is 9. The molecule has 0 amide bonds. The fourth-order valence-corrected chi connectivity index (χ4v) is 2.76. The van der Waals surface area contributed by atoms with Gasteiger partial charge in [0.25, 0.3) is 0 Å². The Hall–Kier alpha value is -0.680. The number of halogens is 4. The smallest absolute Gasteiger partial charge is 0.120 e. The molecule has 26 heavy (non-hydrogen) atoms. The van der Waals surface area contributed by atoms with Crippen molar-refractivity contribution < 1.29 is 4.74 Å². The van der Waals surface area contributed by atoms with Gasteiger partial charge in [0.1, 0.15) is 12.4 Å². The Kier molecular flexibility index (Phi) is 13.1. The molecular weight excluding hydrogens is 414 g/mol. The molecule has 0 bridgehead atoms. The minimum absolute atomic E-state index is 0. The molecule has 0 radical (unpaired) electrons. The van der Waals surface area contributed by atoms with Crippen LogP contribution in [-0.4, -0.2) is 32.1 Å². The third-order valence-corrected chi connectivity index (χ3v) is 4.18. The van der Waals surface area contributed by atoms with Crippen LogP contribution in [0, 0.1) is 0 Å². The lowest BCUT2D eigenvalue weighted by Gasteiger charge is -2.11. The van der Waals surface area contributed by atoms with Crippen molar-refractivity contribution in [2.75, 3.05) is 27.2 Å². The molecule has 0 fully saturated rings. The number of hydrogen-bond donors (Lipinski definition) is 1. The van der Waals surface area contributed by atoms with Crippen molar-refractivity contribution in [3.05, 3.63) is 63.6 Å². The maximum absolute atomic E-state index is 6.17. The average molecular weight is 440 g/mol. The molecule has 0 aliphatic carbocycles. The Morgan fingerprint density at radius 2 is 1.81 bits per heavy atom. The van der Waals surface area contributed by atoms with E-state index >= 15 is 0 Å². The normalized spacial score (nSPS) is 10.2. The summed E-state index contributed by atoms with van der Waals surface area (Å²) in [5.74, 6) is 0.841. The molecule has 0 saturated carbocycles. The SMILES string of the molecule is CN(C)CCCNCc1cccc(OCc2ccc(Cl)cc2Cl)c1.Cl.Cl. The van der Waals surface area contributed by atoms with Crippen LogP contribution in [0.5, 0.6) is 5.75 Å². The van der Waals surface area contributed by atoms with E-state index in [0.717, 1.165) is 37.4 Å². The second kappa shape index (κ2) is 13.5. The Morgan fingerprint density at radius 1 is 1.04 bits per heavy atom. The molecule has 0 unspecified atom stereocenters. The summed E-state index contributed by atoms with van der Waals surface area (Å²) in [4.78, 5) is 2.19. The van der Waals surface area contributed by atoms with Gasteiger partial charge in [0, 0.05) is 22.2 Å². The third kappa shape index (κ3) is 9.31. The topological polar surface area (TPSA) is 24.5 Å². The van der Waals surface area contributed by atoms with E-state index in [1.807, 2.05) is 24.3 Å². The van der Waals surface area contributed by atoms with Crippen molar-refractivity contribution in [1.29, 1.82) is 0 Å². The van der Waals surface area contributed by atoms with Gasteiger partial charge >= 0.3 is 0 Å². The molecule has 0 spiro atoms. The Bertz CT molecular complexity index is 653. The minimum atomic E-state index is 0. The van der Waals surface area contributed by atoms with E-state index in [1.165, 1.54) is 5.56 Å². The van der Waals surface area contributed by atoms with Crippen molar-refractivity contribution in [3.63, 3.8) is 0 Å². The van der Waals surface area contributed by atoms with E-state index in [4.69, 9.17) is 27.9 Å². The summed E-state index contributed by atoms with van der Waals surface area (Å²) < 4.78 is 5.85. The molecule has 0 saturated heterocycles. The highest BCUT2D eigenvalue weighted by Gasteiger charge is 2.03. The summed E-state index contributed by atoms with van der Waals surface area (Å²) in [6.07, 6.45) is 1.14. The summed E-state index contributed by atoms with van der Waals surface area (Å²) >= 11 is 12.1. The predicted molar refractivity (Wildman–Crippen MR) is 117 cm³/mol. The molecule has 1 N–H and O–H groups in total. The summed E-state index contributed by atoms with van der Waals surface area (Å²) in [7, 11) is 4.18. The molecule has 0 heterocycles. The molecule has 7 heteroatoms. The maximum Gasteiger partial charge on any atom is 0.120 e. The van der Waals surface area contributed by atoms with Gasteiger partial charge in [0.2, 0.25) is 0 Å². The lowest BCUT2D eigenvalue weighted by Crippen LogP contribution is -2.20. The van der Waals surface area contributed by atoms with Crippen LogP contribution in [0.3, 0.4) is 0 Å². The van der Waals surface area contributed by atoms with E-state index in [1.54, 1.807) is 6.07 Å². The van der Waals surface area contributed by atoms with Crippen LogP contribution < -0.4 is 10.1 Å². The van der Waals surface area contributed by atoms with Crippen LogP contribution in [0.25, 0.3) is 0 Å². The fraction of sp³-hybridized carbons (Fsp3) is 0.368. The van der Waals surface area contributed by atoms with Crippen molar-refractivity contribution in [3.8, 4) is 5.75 Å². The average Bonchev–Trinajstić information content (AvgIpc) is 2.54. The van der Waals surface area contributed by atoms with E-state index in [-0.39, 0.29) is 24.8 Å². The highest BCUT2D eigenvalue weighted by molar-refractivity contribution is 6.35. The number of benzene rings is 2. The van der Waals surface area contributed by atoms with Crippen LogP contribution in [0.2, 0.25) is 10.0 Å². The first kappa shape index (κ1) is 25.3. The van der Waals surface area contributed by atoms with E-state index < -0.39 is 0 Å². The number of nitrogens with one attached hydrogen (secondary N) is 1. The van der Waals surface area contributed by atoms with Gasteiger partial charge in [-0.15, -0.1) is 24.8 Å². The zero-order chi connectivity index (χ0) is 17.4. The standard InChI is InChI=1S/C19H24Cl2N2O.2ClH/c1-23(2)10-4-9-22-13-15-5-3-6-18(11-15)24-14-16-7-8-17(20)12-19(16)21;;/h3,5-8,11-12,22H,4,9-10,13-14H2,1-2H3;2*1H. The molecule has 146 valence electrons. The van der Waals surface area contributed by atoms with Crippen LogP contribution >= 0.6 is 48.0 Å². The molecule has 0 aliphatic rings. The molecule has 2 rings (SSSR count). The van der Waals surface area contributed by atoms with E-state index in [2.05, 4.69) is 36.4 Å². The number of hydrogen-bond acceptors (Lipinski definition) is 3. The zero-order valence-electron chi connectivity index (χ0n) is 15.0.